The van der Waals surface area contributed by atoms with E-state index in [1.807, 2.05) is 37.3 Å². The summed E-state index contributed by atoms with van der Waals surface area (Å²) in [6.45, 7) is 2.30. The highest BCUT2D eigenvalue weighted by Gasteiger charge is 2.21. The number of hydrogen-bond donors (Lipinski definition) is 3. The quantitative estimate of drug-likeness (QED) is 0.757. The van der Waals surface area contributed by atoms with Crippen LogP contribution < -0.4 is 11.1 Å². The van der Waals surface area contributed by atoms with Crippen molar-refractivity contribution >= 4 is 5.91 Å². The first kappa shape index (κ1) is 13.3. The molecular formula is C14H18N4O. The first-order chi connectivity index (χ1) is 9.18. The van der Waals surface area contributed by atoms with Crippen LogP contribution in [0.4, 0.5) is 0 Å². The second-order valence-corrected chi connectivity index (χ2v) is 4.55. The Bertz CT molecular complexity index is 510. The van der Waals surface area contributed by atoms with Crippen molar-refractivity contribution in [2.24, 2.45) is 11.7 Å². The van der Waals surface area contributed by atoms with Crippen molar-refractivity contribution in [3.8, 4) is 0 Å². The monoisotopic (exact) mass is 258 g/mol. The molecule has 1 aromatic carbocycles. The van der Waals surface area contributed by atoms with Crippen LogP contribution in [0.1, 0.15) is 24.1 Å². The predicted octanol–water partition coefficient (Wildman–Crippen LogP) is 1.36. The summed E-state index contributed by atoms with van der Waals surface area (Å²) >= 11 is 0. The Labute approximate surface area is 112 Å². The molecule has 0 aliphatic heterocycles. The molecule has 0 aliphatic carbocycles. The molecule has 0 aliphatic rings. The van der Waals surface area contributed by atoms with E-state index >= 15 is 0 Å². The zero-order valence-corrected chi connectivity index (χ0v) is 10.8. The van der Waals surface area contributed by atoms with Crippen molar-refractivity contribution in [1.82, 2.24) is 15.5 Å². The van der Waals surface area contributed by atoms with Crippen LogP contribution in [-0.2, 0) is 11.3 Å². The number of aromatic nitrogens is 2. The minimum Gasteiger partial charge on any atom is -0.352 e. The Kier molecular flexibility index (Phi) is 4.30. The van der Waals surface area contributed by atoms with E-state index in [1.165, 1.54) is 0 Å². The first-order valence-electron chi connectivity index (χ1n) is 6.24. The number of hydrogen-bond acceptors (Lipinski definition) is 3. The van der Waals surface area contributed by atoms with Gasteiger partial charge < -0.3 is 11.1 Å². The standard InChI is InChI=1S/C14H18N4O/c1-10(13(15)12-5-3-2-4-6-12)14(19)16-7-11-8-17-18-9-11/h2-6,8-10,13H,7,15H2,1H3,(H,16,19)(H,17,18). The predicted molar refractivity (Wildman–Crippen MR) is 73.0 cm³/mol. The summed E-state index contributed by atoms with van der Waals surface area (Å²) in [4.78, 5) is 12.0. The van der Waals surface area contributed by atoms with Crippen LogP contribution >= 0.6 is 0 Å². The van der Waals surface area contributed by atoms with Crippen LogP contribution in [0.5, 0.6) is 0 Å². The Hall–Kier alpha value is -2.14. The smallest absolute Gasteiger partial charge is 0.225 e. The Morgan fingerprint density at radius 2 is 2.16 bits per heavy atom. The molecule has 1 amide bonds. The summed E-state index contributed by atoms with van der Waals surface area (Å²) in [6.07, 6.45) is 3.43. The number of H-pyrrole nitrogens is 1. The van der Waals surface area contributed by atoms with E-state index in [0.717, 1.165) is 11.1 Å². The van der Waals surface area contributed by atoms with Gasteiger partial charge in [-0.05, 0) is 5.56 Å². The van der Waals surface area contributed by atoms with Crippen molar-refractivity contribution in [2.75, 3.05) is 0 Å². The molecule has 0 radical (unpaired) electrons. The lowest BCUT2D eigenvalue weighted by Gasteiger charge is -2.19. The lowest BCUT2D eigenvalue weighted by molar-refractivity contribution is -0.125. The minimum atomic E-state index is -0.300. The van der Waals surface area contributed by atoms with E-state index in [9.17, 15) is 4.79 Å². The number of nitrogens with one attached hydrogen (secondary N) is 2. The summed E-state index contributed by atoms with van der Waals surface area (Å²) in [7, 11) is 0. The molecular weight excluding hydrogens is 240 g/mol. The molecule has 5 nitrogen and oxygen atoms in total. The average molecular weight is 258 g/mol. The second-order valence-electron chi connectivity index (χ2n) is 4.55. The van der Waals surface area contributed by atoms with E-state index in [-0.39, 0.29) is 17.9 Å². The third kappa shape index (κ3) is 3.42. The number of rotatable bonds is 5. The number of carbonyl (C=O) groups is 1. The lowest BCUT2D eigenvalue weighted by atomic mass is 9.94. The van der Waals surface area contributed by atoms with E-state index in [0.29, 0.717) is 6.54 Å². The van der Waals surface area contributed by atoms with Gasteiger partial charge in [0.1, 0.15) is 0 Å². The fourth-order valence-corrected chi connectivity index (χ4v) is 1.85. The molecule has 1 heterocycles. The van der Waals surface area contributed by atoms with Crippen LogP contribution in [-0.4, -0.2) is 16.1 Å². The molecule has 19 heavy (non-hydrogen) atoms. The van der Waals surface area contributed by atoms with Gasteiger partial charge in [-0.1, -0.05) is 37.3 Å². The number of nitrogens with two attached hydrogens (primary N) is 1. The lowest BCUT2D eigenvalue weighted by Crippen LogP contribution is -2.35. The van der Waals surface area contributed by atoms with Gasteiger partial charge in [0.2, 0.25) is 5.91 Å². The summed E-state index contributed by atoms with van der Waals surface area (Å²) in [5, 5.41) is 9.39. The average Bonchev–Trinajstić information content (AvgIpc) is 2.97. The highest BCUT2D eigenvalue weighted by atomic mass is 16.1. The largest absolute Gasteiger partial charge is 0.352 e. The van der Waals surface area contributed by atoms with Crippen LogP contribution in [0, 0.1) is 5.92 Å². The number of nitrogens with zero attached hydrogens (tertiary/aromatic N) is 1. The molecule has 0 saturated heterocycles. The molecule has 0 saturated carbocycles. The SMILES string of the molecule is CC(C(=O)NCc1cn[nH]c1)C(N)c1ccccc1. The highest BCUT2D eigenvalue weighted by Crippen LogP contribution is 2.19. The van der Waals surface area contributed by atoms with Gasteiger partial charge in [-0.2, -0.15) is 5.10 Å². The number of aromatic amines is 1. The normalized spacial score (nSPS) is 13.8. The van der Waals surface area contributed by atoms with Gasteiger partial charge in [0.05, 0.1) is 12.1 Å². The fraction of sp³-hybridized carbons (Fsp3) is 0.286. The third-order valence-electron chi connectivity index (χ3n) is 3.16. The summed E-state index contributed by atoms with van der Waals surface area (Å²) in [5.74, 6) is -0.341. The maximum absolute atomic E-state index is 12.0. The minimum absolute atomic E-state index is 0.0578. The van der Waals surface area contributed by atoms with Gasteiger partial charge >= 0.3 is 0 Å². The molecule has 4 N–H and O–H groups in total. The topological polar surface area (TPSA) is 83.8 Å². The third-order valence-corrected chi connectivity index (χ3v) is 3.16. The molecule has 2 atom stereocenters. The molecule has 0 bridgehead atoms. The van der Waals surface area contributed by atoms with E-state index in [2.05, 4.69) is 15.5 Å². The molecule has 0 spiro atoms. The number of amides is 1. The molecule has 2 unspecified atom stereocenters. The van der Waals surface area contributed by atoms with Crippen LogP contribution in [0.3, 0.4) is 0 Å². The second kappa shape index (κ2) is 6.15. The van der Waals surface area contributed by atoms with E-state index < -0.39 is 0 Å². The van der Waals surface area contributed by atoms with Gasteiger partial charge in [0.15, 0.2) is 0 Å². The number of carbonyl (C=O) groups excluding carboxylic acids is 1. The first-order valence-corrected chi connectivity index (χ1v) is 6.24. The Morgan fingerprint density at radius 3 is 2.79 bits per heavy atom. The maximum Gasteiger partial charge on any atom is 0.225 e. The van der Waals surface area contributed by atoms with Crippen molar-refractivity contribution in [1.29, 1.82) is 0 Å². The maximum atomic E-state index is 12.0. The molecule has 0 fully saturated rings. The molecule has 2 aromatic rings. The summed E-state index contributed by atoms with van der Waals surface area (Å²) in [5.41, 5.74) is 8.01. The highest BCUT2D eigenvalue weighted by molar-refractivity contribution is 5.79. The van der Waals surface area contributed by atoms with E-state index in [1.54, 1.807) is 12.4 Å². The van der Waals surface area contributed by atoms with Gasteiger partial charge in [-0.15, -0.1) is 0 Å². The summed E-state index contributed by atoms with van der Waals surface area (Å²) in [6, 6.07) is 9.34. The van der Waals surface area contributed by atoms with Crippen molar-refractivity contribution in [2.45, 2.75) is 19.5 Å². The van der Waals surface area contributed by atoms with Crippen molar-refractivity contribution in [3.63, 3.8) is 0 Å². The van der Waals surface area contributed by atoms with Gasteiger partial charge in [-0.25, -0.2) is 0 Å². The van der Waals surface area contributed by atoms with Crippen molar-refractivity contribution < 1.29 is 4.79 Å². The molecule has 5 heteroatoms. The molecule has 100 valence electrons. The van der Waals surface area contributed by atoms with Crippen LogP contribution in [0.25, 0.3) is 0 Å². The molecule has 1 aromatic heterocycles. The fourth-order valence-electron chi connectivity index (χ4n) is 1.85. The van der Waals surface area contributed by atoms with Gasteiger partial charge in [0.25, 0.3) is 0 Å². The van der Waals surface area contributed by atoms with Gasteiger partial charge in [-0.3, -0.25) is 9.89 Å². The zero-order valence-electron chi connectivity index (χ0n) is 10.8. The Morgan fingerprint density at radius 1 is 1.42 bits per heavy atom. The zero-order chi connectivity index (χ0) is 13.7. The Balaban J connectivity index is 1.91. The number of benzene rings is 1. The summed E-state index contributed by atoms with van der Waals surface area (Å²) < 4.78 is 0. The van der Waals surface area contributed by atoms with Crippen LogP contribution in [0.2, 0.25) is 0 Å². The van der Waals surface area contributed by atoms with Gasteiger partial charge in [0, 0.05) is 24.3 Å². The van der Waals surface area contributed by atoms with Crippen molar-refractivity contribution in [3.05, 3.63) is 53.9 Å². The van der Waals surface area contributed by atoms with Crippen LogP contribution in [0.15, 0.2) is 42.7 Å². The van der Waals surface area contributed by atoms with E-state index in [4.69, 9.17) is 5.73 Å². The molecule has 2 rings (SSSR count).